The van der Waals surface area contributed by atoms with Crippen LogP contribution in [0.25, 0.3) is 10.9 Å². The number of esters is 1. The number of carbonyl (C=O) groups excluding carboxylic acids is 1. The fraction of sp³-hybridized carbons (Fsp3) is 0.429. The molecule has 0 amide bonds. The van der Waals surface area contributed by atoms with Gasteiger partial charge < -0.3 is 10.5 Å². The van der Waals surface area contributed by atoms with Gasteiger partial charge in [-0.2, -0.15) is 5.10 Å². The van der Waals surface area contributed by atoms with Crippen molar-refractivity contribution in [3.05, 3.63) is 22.3 Å². The fourth-order valence-electron chi connectivity index (χ4n) is 1.94. The van der Waals surface area contributed by atoms with Crippen LogP contribution in [0, 0.1) is 0 Å². The molecule has 0 fully saturated rings. The zero-order valence-electron chi connectivity index (χ0n) is 12.3. The maximum absolute atomic E-state index is 12.2. The predicted molar refractivity (Wildman–Crippen MR) is 84.7 cm³/mol. The van der Waals surface area contributed by atoms with E-state index < -0.39 is 17.6 Å². The van der Waals surface area contributed by atoms with Crippen LogP contribution in [0.3, 0.4) is 0 Å². The van der Waals surface area contributed by atoms with Gasteiger partial charge in [-0.25, -0.2) is 9.48 Å². The van der Waals surface area contributed by atoms with Crippen LogP contribution in [0.5, 0.6) is 0 Å². The average molecular weight is 330 g/mol. The van der Waals surface area contributed by atoms with Crippen molar-refractivity contribution in [1.29, 1.82) is 0 Å². The summed E-state index contributed by atoms with van der Waals surface area (Å²) in [6.45, 7) is 7.08. The Bertz CT molecular complexity index is 704. The van der Waals surface area contributed by atoms with Gasteiger partial charge in [-0.1, -0.05) is 23.2 Å². The number of nitrogen functional groups attached to an aromatic ring is 1. The molecule has 2 N–H and O–H groups in total. The van der Waals surface area contributed by atoms with Crippen LogP contribution in [-0.2, 0) is 9.53 Å². The lowest BCUT2D eigenvalue weighted by molar-refractivity contribution is -0.158. The van der Waals surface area contributed by atoms with E-state index in [2.05, 4.69) is 5.10 Å². The molecule has 21 heavy (non-hydrogen) atoms. The Labute approximate surface area is 132 Å². The highest BCUT2D eigenvalue weighted by Crippen LogP contribution is 2.35. The second kappa shape index (κ2) is 5.39. The molecule has 1 heterocycles. The summed E-state index contributed by atoms with van der Waals surface area (Å²) in [4.78, 5) is 12.2. The van der Waals surface area contributed by atoms with Crippen LogP contribution < -0.4 is 5.73 Å². The monoisotopic (exact) mass is 329 g/mol. The highest BCUT2D eigenvalue weighted by atomic mass is 35.5. The molecule has 114 valence electrons. The molecule has 0 spiro atoms. The van der Waals surface area contributed by atoms with Gasteiger partial charge in [-0.3, -0.25) is 0 Å². The number of fused-ring (bicyclic) bond motifs is 1. The van der Waals surface area contributed by atoms with Gasteiger partial charge in [0.15, 0.2) is 5.15 Å². The Morgan fingerprint density at radius 3 is 2.57 bits per heavy atom. The summed E-state index contributed by atoms with van der Waals surface area (Å²) < 4.78 is 6.81. The summed E-state index contributed by atoms with van der Waals surface area (Å²) >= 11 is 12.3. The molecule has 2 aromatic rings. The number of ether oxygens (including phenoxy) is 1. The summed E-state index contributed by atoms with van der Waals surface area (Å²) in [6.07, 6.45) is 0. The van der Waals surface area contributed by atoms with Crippen LogP contribution in [0.2, 0.25) is 10.2 Å². The van der Waals surface area contributed by atoms with E-state index in [0.29, 0.717) is 21.6 Å². The second-order valence-corrected chi connectivity index (χ2v) is 6.55. The summed E-state index contributed by atoms with van der Waals surface area (Å²) in [5, 5.41) is 5.42. The molecular weight excluding hydrogens is 313 g/mol. The summed E-state index contributed by atoms with van der Waals surface area (Å²) in [5.74, 6) is -0.415. The Balaban J connectivity index is 2.52. The number of carbonyl (C=O) groups is 1. The van der Waals surface area contributed by atoms with Gasteiger partial charge in [-0.15, -0.1) is 0 Å². The van der Waals surface area contributed by atoms with E-state index in [4.69, 9.17) is 33.7 Å². The lowest BCUT2D eigenvalue weighted by Crippen LogP contribution is -2.29. The minimum Gasteiger partial charge on any atom is -0.458 e. The van der Waals surface area contributed by atoms with E-state index >= 15 is 0 Å². The molecule has 0 aliphatic carbocycles. The molecular formula is C14H17Cl2N3O2. The van der Waals surface area contributed by atoms with Gasteiger partial charge >= 0.3 is 5.97 Å². The molecule has 0 aliphatic rings. The molecule has 0 aliphatic heterocycles. The number of benzene rings is 1. The summed E-state index contributed by atoms with van der Waals surface area (Å²) in [6, 6.07) is 2.71. The molecule has 1 unspecified atom stereocenters. The molecule has 1 aromatic heterocycles. The fourth-order valence-corrected chi connectivity index (χ4v) is 2.42. The quantitative estimate of drug-likeness (QED) is 0.671. The van der Waals surface area contributed by atoms with Crippen LogP contribution in [0.1, 0.15) is 33.7 Å². The van der Waals surface area contributed by atoms with Crippen molar-refractivity contribution < 1.29 is 9.53 Å². The average Bonchev–Trinajstić information content (AvgIpc) is 2.69. The molecule has 7 heteroatoms. The van der Waals surface area contributed by atoms with E-state index in [0.717, 1.165) is 0 Å². The third-order valence-corrected chi connectivity index (χ3v) is 3.58. The molecule has 1 aromatic carbocycles. The second-order valence-electron chi connectivity index (χ2n) is 5.81. The van der Waals surface area contributed by atoms with Crippen molar-refractivity contribution in [1.82, 2.24) is 9.78 Å². The van der Waals surface area contributed by atoms with Crippen LogP contribution in [0.15, 0.2) is 12.1 Å². The van der Waals surface area contributed by atoms with Gasteiger partial charge in [0.1, 0.15) is 11.6 Å². The number of hydrogen-bond donors (Lipinski definition) is 1. The van der Waals surface area contributed by atoms with Crippen LogP contribution in [0.4, 0.5) is 5.69 Å². The van der Waals surface area contributed by atoms with Crippen LogP contribution >= 0.6 is 23.2 Å². The number of anilines is 1. The topological polar surface area (TPSA) is 70.1 Å². The first-order chi connectivity index (χ1) is 9.61. The predicted octanol–water partition coefficient (Wildman–Crippen LogP) is 3.83. The lowest BCUT2D eigenvalue weighted by atomic mass is 10.2. The number of nitrogens with zero attached hydrogens (tertiary/aromatic N) is 2. The first kappa shape index (κ1) is 15.9. The molecule has 0 saturated heterocycles. The number of hydrogen-bond acceptors (Lipinski definition) is 4. The minimum atomic E-state index is -0.668. The van der Waals surface area contributed by atoms with Crippen molar-refractivity contribution >= 4 is 45.8 Å². The van der Waals surface area contributed by atoms with Crippen LogP contribution in [-0.4, -0.2) is 21.4 Å². The molecule has 0 saturated carbocycles. The van der Waals surface area contributed by atoms with E-state index in [1.54, 1.807) is 39.8 Å². The molecule has 0 radical (unpaired) electrons. The summed E-state index contributed by atoms with van der Waals surface area (Å²) in [5.41, 5.74) is 6.16. The van der Waals surface area contributed by atoms with Crippen molar-refractivity contribution in [2.75, 3.05) is 5.73 Å². The normalized spacial score (nSPS) is 13.4. The zero-order chi connectivity index (χ0) is 15.9. The van der Waals surface area contributed by atoms with Gasteiger partial charge in [0.2, 0.25) is 0 Å². The molecule has 5 nitrogen and oxygen atoms in total. The van der Waals surface area contributed by atoms with E-state index in [9.17, 15) is 4.79 Å². The SMILES string of the molecule is CC(C(=O)OC(C)(C)C)n1nc(Cl)c2ccc(N)c(Cl)c21. The van der Waals surface area contributed by atoms with Crippen molar-refractivity contribution in [3.63, 3.8) is 0 Å². The van der Waals surface area contributed by atoms with E-state index in [1.165, 1.54) is 4.68 Å². The Kier molecular flexibility index (Phi) is 4.08. The van der Waals surface area contributed by atoms with Gasteiger partial charge in [0.25, 0.3) is 0 Å². The first-order valence-corrected chi connectivity index (χ1v) is 7.22. The summed E-state index contributed by atoms with van der Waals surface area (Å²) in [7, 11) is 0. The van der Waals surface area contributed by atoms with E-state index in [1.807, 2.05) is 0 Å². The number of rotatable bonds is 2. The van der Waals surface area contributed by atoms with Crippen molar-refractivity contribution in [3.8, 4) is 0 Å². The Morgan fingerprint density at radius 1 is 1.38 bits per heavy atom. The molecule has 1 atom stereocenters. The highest BCUT2D eigenvalue weighted by molar-refractivity contribution is 6.40. The highest BCUT2D eigenvalue weighted by Gasteiger charge is 2.26. The minimum absolute atomic E-state index is 0.266. The lowest BCUT2D eigenvalue weighted by Gasteiger charge is -2.22. The van der Waals surface area contributed by atoms with E-state index in [-0.39, 0.29) is 5.15 Å². The third-order valence-electron chi connectivity index (χ3n) is 2.91. The number of halogens is 2. The molecule has 2 rings (SSSR count). The standard InChI is InChI=1S/C14H17Cl2N3O2/c1-7(13(20)21-14(2,3)4)19-11-8(12(16)18-19)5-6-9(17)10(11)15/h5-7H,17H2,1-4H3. The maximum Gasteiger partial charge on any atom is 0.331 e. The Morgan fingerprint density at radius 2 is 2.00 bits per heavy atom. The zero-order valence-corrected chi connectivity index (χ0v) is 13.8. The van der Waals surface area contributed by atoms with Crippen molar-refractivity contribution in [2.45, 2.75) is 39.3 Å². The van der Waals surface area contributed by atoms with Gasteiger partial charge in [0.05, 0.1) is 16.2 Å². The smallest absolute Gasteiger partial charge is 0.331 e. The first-order valence-electron chi connectivity index (χ1n) is 6.46. The van der Waals surface area contributed by atoms with Gasteiger partial charge in [-0.05, 0) is 39.8 Å². The maximum atomic E-state index is 12.2. The number of aromatic nitrogens is 2. The van der Waals surface area contributed by atoms with Crippen molar-refractivity contribution in [2.24, 2.45) is 0 Å². The Hall–Kier alpha value is -1.46. The molecule has 0 bridgehead atoms. The third kappa shape index (κ3) is 3.09. The van der Waals surface area contributed by atoms with Gasteiger partial charge in [0, 0.05) is 5.39 Å². The largest absolute Gasteiger partial charge is 0.458 e. The number of nitrogens with two attached hydrogens (primary N) is 1.